The van der Waals surface area contributed by atoms with E-state index < -0.39 is 10.0 Å². The zero-order chi connectivity index (χ0) is 21.6. The number of carbonyl (C=O) groups is 1. The molecular formula is C20H26ClN5O3S. The van der Waals surface area contributed by atoms with Crippen LogP contribution in [0.3, 0.4) is 0 Å². The van der Waals surface area contributed by atoms with Gasteiger partial charge < -0.3 is 9.80 Å². The molecule has 0 N–H and O–H groups in total. The summed E-state index contributed by atoms with van der Waals surface area (Å²) in [6.45, 7) is 8.68. The van der Waals surface area contributed by atoms with Crippen LogP contribution >= 0.6 is 11.6 Å². The van der Waals surface area contributed by atoms with Crippen molar-refractivity contribution in [1.29, 1.82) is 0 Å². The molecule has 2 aliphatic rings. The minimum Gasteiger partial charge on any atom is -0.369 e. The SMILES string of the molecule is CCn1cc(C(=O)N2C[C@H]2C)c(S(=O)(=O)N2CCN(c3cc(Cl)ccc3C)CC2)n1. The van der Waals surface area contributed by atoms with E-state index in [9.17, 15) is 13.2 Å². The number of hydrogen-bond acceptors (Lipinski definition) is 5. The Balaban J connectivity index is 1.56. The molecule has 0 saturated carbocycles. The summed E-state index contributed by atoms with van der Waals surface area (Å²) >= 11 is 6.14. The summed E-state index contributed by atoms with van der Waals surface area (Å²) in [5.41, 5.74) is 2.27. The molecule has 2 aliphatic heterocycles. The number of piperazine rings is 1. The Labute approximate surface area is 182 Å². The lowest BCUT2D eigenvalue weighted by Gasteiger charge is -2.35. The number of aromatic nitrogens is 2. The molecule has 10 heteroatoms. The summed E-state index contributed by atoms with van der Waals surface area (Å²) in [5.74, 6) is -0.269. The molecule has 1 aromatic heterocycles. The van der Waals surface area contributed by atoms with Gasteiger partial charge in [0.1, 0.15) is 0 Å². The van der Waals surface area contributed by atoms with Crippen molar-refractivity contribution in [3.05, 3.63) is 40.5 Å². The van der Waals surface area contributed by atoms with Gasteiger partial charge in [-0.2, -0.15) is 9.40 Å². The molecule has 0 unspecified atom stereocenters. The van der Waals surface area contributed by atoms with Crippen molar-refractivity contribution in [3.63, 3.8) is 0 Å². The highest BCUT2D eigenvalue weighted by Gasteiger charge is 2.40. The number of nitrogens with zero attached hydrogens (tertiary/aromatic N) is 5. The van der Waals surface area contributed by atoms with E-state index in [1.807, 2.05) is 39.0 Å². The van der Waals surface area contributed by atoms with Gasteiger partial charge in [-0.15, -0.1) is 0 Å². The standard InChI is InChI=1S/C20H26ClN5O3S/c1-4-24-13-17(20(27)26-12-15(26)3)19(22-24)30(28,29)25-9-7-23(8-10-25)18-11-16(21)6-5-14(18)2/h5-6,11,13,15H,4,7-10,12H2,1-3H3/t15-,26?/m1/s1. The van der Waals surface area contributed by atoms with Crippen molar-refractivity contribution in [2.24, 2.45) is 0 Å². The highest BCUT2D eigenvalue weighted by atomic mass is 35.5. The average Bonchev–Trinajstić information content (AvgIpc) is 3.29. The monoisotopic (exact) mass is 451 g/mol. The van der Waals surface area contributed by atoms with Crippen LogP contribution in [-0.4, -0.2) is 72.1 Å². The summed E-state index contributed by atoms with van der Waals surface area (Å²) in [6.07, 6.45) is 1.55. The van der Waals surface area contributed by atoms with Gasteiger partial charge in [0, 0.05) is 62.2 Å². The van der Waals surface area contributed by atoms with E-state index in [1.54, 1.807) is 11.1 Å². The number of benzene rings is 1. The minimum absolute atomic E-state index is 0.138. The van der Waals surface area contributed by atoms with Gasteiger partial charge in [0.05, 0.1) is 5.56 Å². The largest absolute Gasteiger partial charge is 0.369 e. The van der Waals surface area contributed by atoms with Crippen LogP contribution in [0, 0.1) is 6.92 Å². The van der Waals surface area contributed by atoms with Gasteiger partial charge in [-0.3, -0.25) is 9.48 Å². The predicted molar refractivity (Wildman–Crippen MR) is 116 cm³/mol. The first-order valence-electron chi connectivity index (χ1n) is 10.1. The lowest BCUT2D eigenvalue weighted by atomic mass is 10.1. The number of aryl methyl sites for hydroxylation is 2. The molecule has 0 spiro atoms. The van der Waals surface area contributed by atoms with Crippen molar-refractivity contribution in [2.45, 2.75) is 38.4 Å². The smallest absolute Gasteiger partial charge is 0.263 e. The van der Waals surface area contributed by atoms with Crippen LogP contribution in [0.1, 0.15) is 29.8 Å². The molecule has 2 fully saturated rings. The fraction of sp³-hybridized carbons (Fsp3) is 0.500. The Kier molecular flexibility index (Phi) is 5.54. The molecular weight excluding hydrogens is 426 g/mol. The molecule has 1 atom stereocenters. The highest BCUT2D eigenvalue weighted by Crippen LogP contribution is 2.29. The molecule has 4 rings (SSSR count). The summed E-state index contributed by atoms with van der Waals surface area (Å²) in [4.78, 5) is 16.6. The molecule has 0 radical (unpaired) electrons. The lowest BCUT2D eigenvalue weighted by Crippen LogP contribution is -2.49. The van der Waals surface area contributed by atoms with E-state index >= 15 is 0 Å². The number of carbonyl (C=O) groups excluding carboxylic acids is 1. The molecule has 30 heavy (non-hydrogen) atoms. The first-order chi connectivity index (χ1) is 14.2. The number of halogens is 1. The van der Waals surface area contributed by atoms with E-state index in [-0.39, 0.29) is 22.5 Å². The topological polar surface area (TPSA) is 78.5 Å². The zero-order valence-electron chi connectivity index (χ0n) is 17.4. The lowest BCUT2D eigenvalue weighted by molar-refractivity contribution is 0.0872. The second-order valence-corrected chi connectivity index (χ2v) is 10.1. The molecule has 2 aromatic rings. The van der Waals surface area contributed by atoms with E-state index in [1.165, 1.54) is 8.99 Å². The number of sulfonamides is 1. The first kappa shape index (κ1) is 21.1. The summed E-state index contributed by atoms with van der Waals surface area (Å²) in [5, 5.41) is 4.76. The van der Waals surface area contributed by atoms with Crippen LogP contribution in [0.4, 0.5) is 5.69 Å². The Morgan fingerprint density at radius 2 is 1.90 bits per heavy atom. The third kappa shape index (κ3) is 3.81. The number of anilines is 1. The molecule has 162 valence electrons. The quantitative estimate of drug-likeness (QED) is 0.651. The van der Waals surface area contributed by atoms with E-state index in [4.69, 9.17) is 11.6 Å². The van der Waals surface area contributed by atoms with Crippen LogP contribution in [0.25, 0.3) is 0 Å². The van der Waals surface area contributed by atoms with Gasteiger partial charge in [0.25, 0.3) is 15.9 Å². The molecule has 1 amide bonds. The van der Waals surface area contributed by atoms with Gasteiger partial charge in [0.2, 0.25) is 5.03 Å². The van der Waals surface area contributed by atoms with Crippen LogP contribution in [-0.2, 0) is 16.6 Å². The van der Waals surface area contributed by atoms with Gasteiger partial charge in [0.15, 0.2) is 0 Å². The number of hydrogen-bond donors (Lipinski definition) is 0. The predicted octanol–water partition coefficient (Wildman–Crippen LogP) is 2.22. The third-order valence-corrected chi connectivity index (χ3v) is 7.81. The maximum absolute atomic E-state index is 13.4. The average molecular weight is 452 g/mol. The van der Waals surface area contributed by atoms with Gasteiger partial charge in [-0.1, -0.05) is 17.7 Å². The second-order valence-electron chi connectivity index (χ2n) is 7.83. The van der Waals surface area contributed by atoms with Crippen LogP contribution < -0.4 is 4.90 Å². The van der Waals surface area contributed by atoms with Crippen molar-refractivity contribution in [1.82, 2.24) is 19.0 Å². The van der Waals surface area contributed by atoms with Crippen molar-refractivity contribution >= 4 is 33.2 Å². The Bertz CT molecular complexity index is 1080. The normalized spacial score (nSPS) is 19.9. The maximum atomic E-state index is 13.4. The Morgan fingerprint density at radius 3 is 2.50 bits per heavy atom. The van der Waals surface area contributed by atoms with Crippen LogP contribution in [0.2, 0.25) is 5.02 Å². The van der Waals surface area contributed by atoms with E-state index in [0.29, 0.717) is 44.3 Å². The van der Waals surface area contributed by atoms with E-state index in [2.05, 4.69) is 10.00 Å². The molecule has 2 saturated heterocycles. The molecule has 0 bridgehead atoms. The maximum Gasteiger partial charge on any atom is 0.263 e. The minimum atomic E-state index is -3.87. The van der Waals surface area contributed by atoms with Gasteiger partial charge in [-0.25, -0.2) is 8.42 Å². The molecule has 0 aliphatic carbocycles. The van der Waals surface area contributed by atoms with Crippen LogP contribution in [0.5, 0.6) is 0 Å². The fourth-order valence-electron chi connectivity index (χ4n) is 3.79. The Hall–Kier alpha value is -2.10. The number of amides is 1. The number of rotatable bonds is 5. The van der Waals surface area contributed by atoms with Gasteiger partial charge in [-0.05, 0) is 38.5 Å². The van der Waals surface area contributed by atoms with Crippen molar-refractivity contribution in [3.8, 4) is 0 Å². The molecule has 1 aromatic carbocycles. The molecule has 8 nitrogen and oxygen atoms in total. The highest BCUT2D eigenvalue weighted by molar-refractivity contribution is 7.89. The second kappa shape index (κ2) is 7.86. The fourth-order valence-corrected chi connectivity index (χ4v) is 5.47. The third-order valence-electron chi connectivity index (χ3n) is 5.74. The summed E-state index contributed by atoms with van der Waals surface area (Å²) in [6, 6.07) is 5.86. The Morgan fingerprint density at radius 1 is 1.23 bits per heavy atom. The molecule has 3 heterocycles. The zero-order valence-corrected chi connectivity index (χ0v) is 18.9. The summed E-state index contributed by atoms with van der Waals surface area (Å²) < 4.78 is 29.7. The van der Waals surface area contributed by atoms with Crippen molar-refractivity contribution < 1.29 is 13.2 Å². The van der Waals surface area contributed by atoms with E-state index in [0.717, 1.165) is 11.3 Å². The van der Waals surface area contributed by atoms with Crippen LogP contribution in [0.15, 0.2) is 29.4 Å². The van der Waals surface area contributed by atoms with Gasteiger partial charge >= 0.3 is 0 Å². The summed E-state index contributed by atoms with van der Waals surface area (Å²) in [7, 11) is -3.87. The van der Waals surface area contributed by atoms with Crippen molar-refractivity contribution in [2.75, 3.05) is 37.6 Å². The first-order valence-corrected chi connectivity index (χ1v) is 11.9.